The van der Waals surface area contributed by atoms with Crippen molar-refractivity contribution in [1.82, 2.24) is 19.2 Å². The molecule has 3 N–H and O–H groups in total. The molecule has 0 aromatic heterocycles. The molecule has 0 aliphatic heterocycles. The molecule has 0 bridgehead atoms. The first kappa shape index (κ1) is 44.3. The van der Waals surface area contributed by atoms with E-state index in [1.54, 1.807) is 27.7 Å². The quantitative estimate of drug-likeness (QED) is 0.113. The predicted molar refractivity (Wildman–Crippen MR) is 221 cm³/mol. The Bertz CT molecular complexity index is 1900. The van der Waals surface area contributed by atoms with Gasteiger partial charge in [0.2, 0.25) is 31.9 Å². The lowest BCUT2D eigenvalue weighted by molar-refractivity contribution is -0.123. The predicted octanol–water partition coefficient (Wildman–Crippen LogP) is 5.06. The fourth-order valence-corrected chi connectivity index (χ4v) is 9.79. The number of carbonyl (C=O) groups is 2. The van der Waals surface area contributed by atoms with E-state index in [2.05, 4.69) is 10.6 Å². The van der Waals surface area contributed by atoms with Crippen LogP contribution in [0.4, 0.5) is 0 Å². The summed E-state index contributed by atoms with van der Waals surface area (Å²) in [4.78, 5) is 28.0. The van der Waals surface area contributed by atoms with Gasteiger partial charge in [-0.2, -0.15) is 8.61 Å². The summed E-state index contributed by atoms with van der Waals surface area (Å²) in [5, 5.41) is 14.8. The first-order valence-electron chi connectivity index (χ1n) is 19.0. The van der Waals surface area contributed by atoms with Crippen molar-refractivity contribution >= 4 is 31.9 Å². The monoisotopic (exact) mass is 804 g/mol. The van der Waals surface area contributed by atoms with Crippen LogP contribution >= 0.6 is 0 Å². The molecule has 0 fully saturated rings. The number of nitrogens with one attached hydrogen (secondary N) is 2. The average Bonchev–Trinajstić information content (AvgIpc) is 3.18. The molecule has 56 heavy (non-hydrogen) atoms. The maximum atomic E-state index is 14.0. The number of sulfonamides is 2. The summed E-state index contributed by atoms with van der Waals surface area (Å²) in [7, 11) is -8.39. The molecular weight excluding hydrogens is 749 g/mol. The number of hydrogen-bond donors (Lipinski definition) is 3. The molecule has 0 radical (unpaired) electrons. The van der Waals surface area contributed by atoms with Crippen molar-refractivity contribution < 1.29 is 31.5 Å². The van der Waals surface area contributed by atoms with Gasteiger partial charge in [0.1, 0.15) is 0 Å². The summed E-state index contributed by atoms with van der Waals surface area (Å²) in [6.07, 6.45) is -1.30. The smallest absolute Gasteiger partial charge is 0.239 e. The fraction of sp³-hybridized carbons (Fsp3) is 0.395. The van der Waals surface area contributed by atoms with Crippen LogP contribution in [-0.4, -0.2) is 83.1 Å². The Balaban J connectivity index is 1.65. The van der Waals surface area contributed by atoms with E-state index >= 15 is 0 Å². The minimum Gasteiger partial charge on any atom is -0.389 e. The second-order valence-corrected chi connectivity index (χ2v) is 19.1. The van der Waals surface area contributed by atoms with Gasteiger partial charge >= 0.3 is 0 Å². The summed E-state index contributed by atoms with van der Waals surface area (Å²) in [6, 6.07) is 33.3. The van der Waals surface area contributed by atoms with Crippen molar-refractivity contribution in [1.29, 1.82) is 0 Å². The normalized spacial score (nSPS) is 15.0. The summed E-state index contributed by atoms with van der Waals surface area (Å²) < 4.78 is 58.7. The van der Waals surface area contributed by atoms with E-state index in [0.717, 1.165) is 22.3 Å². The molecule has 2 amide bonds. The summed E-state index contributed by atoms with van der Waals surface area (Å²) in [5.41, 5.74) is 3.02. The van der Waals surface area contributed by atoms with Crippen LogP contribution in [-0.2, 0) is 55.6 Å². The van der Waals surface area contributed by atoms with E-state index in [-0.39, 0.29) is 25.9 Å². The third-order valence-corrected chi connectivity index (χ3v) is 14.5. The molecule has 13 heteroatoms. The number of carbonyl (C=O) groups excluding carboxylic acids is 2. The van der Waals surface area contributed by atoms with Crippen molar-refractivity contribution in [2.45, 2.75) is 108 Å². The first-order valence-corrected chi connectivity index (χ1v) is 22.0. The van der Waals surface area contributed by atoms with Gasteiger partial charge in [0.15, 0.2) is 10.5 Å². The van der Waals surface area contributed by atoms with E-state index in [0.29, 0.717) is 0 Å². The van der Waals surface area contributed by atoms with Crippen LogP contribution in [0, 0.1) is 0 Å². The van der Waals surface area contributed by atoms with Crippen molar-refractivity contribution in [3.05, 3.63) is 144 Å². The third-order valence-electron chi connectivity index (χ3n) is 9.88. The minimum absolute atomic E-state index is 0.0698. The van der Waals surface area contributed by atoms with Gasteiger partial charge in [-0.1, -0.05) is 121 Å². The number of amides is 2. The zero-order chi connectivity index (χ0) is 41.0. The average molecular weight is 805 g/mol. The van der Waals surface area contributed by atoms with Gasteiger partial charge in [0.25, 0.3) is 0 Å². The van der Waals surface area contributed by atoms with Crippen LogP contribution in [0.1, 0.15) is 63.8 Å². The number of aliphatic hydroxyl groups is 1. The van der Waals surface area contributed by atoms with Gasteiger partial charge < -0.3 is 15.7 Å². The topological polar surface area (TPSA) is 153 Å². The number of rotatable bonds is 20. The summed E-state index contributed by atoms with van der Waals surface area (Å²) >= 11 is 0. The van der Waals surface area contributed by atoms with Crippen LogP contribution in [0.2, 0.25) is 0 Å². The van der Waals surface area contributed by atoms with Gasteiger partial charge in [0.05, 0.1) is 18.2 Å². The molecule has 4 aromatic carbocycles. The Morgan fingerprint density at radius 2 is 0.768 bits per heavy atom. The lowest BCUT2D eigenvalue weighted by atomic mass is 9.92. The summed E-state index contributed by atoms with van der Waals surface area (Å²) in [6.45, 7) is 9.76. The van der Waals surface area contributed by atoms with Gasteiger partial charge in [0, 0.05) is 25.2 Å². The fourth-order valence-electron chi connectivity index (χ4n) is 6.47. The van der Waals surface area contributed by atoms with Crippen LogP contribution in [0.25, 0.3) is 0 Å². The molecule has 0 spiro atoms. The molecule has 0 aliphatic carbocycles. The first-order chi connectivity index (χ1) is 26.5. The second-order valence-electron chi connectivity index (χ2n) is 14.7. The molecule has 4 rings (SSSR count). The van der Waals surface area contributed by atoms with Crippen molar-refractivity contribution in [2.24, 2.45) is 0 Å². The minimum atomic E-state index is -4.20. The van der Waals surface area contributed by atoms with E-state index in [1.165, 1.54) is 22.5 Å². The molecule has 0 aliphatic rings. The highest BCUT2D eigenvalue weighted by Gasteiger charge is 2.40. The van der Waals surface area contributed by atoms with Gasteiger partial charge in [-0.3, -0.25) is 9.59 Å². The third kappa shape index (κ3) is 11.8. The SMILES string of the molecule is CC(C)N(Cc1ccccc1)S(=O)(=O)C(C)C(=O)NC(Cc1ccccc1)C(O)C(Cc1ccccc1)NC(=O)C(C)S(=O)(=O)N(Cc1ccccc1)C(C)C. The van der Waals surface area contributed by atoms with Crippen LogP contribution in [0.3, 0.4) is 0 Å². The van der Waals surface area contributed by atoms with Gasteiger partial charge in [-0.15, -0.1) is 0 Å². The molecular formula is C43H56N4O7S2. The Morgan fingerprint density at radius 3 is 1.04 bits per heavy atom. The van der Waals surface area contributed by atoms with Crippen molar-refractivity contribution in [3.8, 4) is 0 Å². The number of aliphatic hydroxyl groups excluding tert-OH is 1. The highest BCUT2D eigenvalue weighted by molar-refractivity contribution is 7.90. The summed E-state index contributed by atoms with van der Waals surface area (Å²) in [5.74, 6) is -1.64. The second kappa shape index (κ2) is 20.1. The standard InChI is InChI=1S/C43H56N4O7S2/c1-31(2)46(29-37-23-15-9-16-24-37)55(51,52)33(5)42(49)44-39(27-35-19-11-7-12-20-35)41(48)40(28-36-21-13-8-14-22-36)45-43(50)34(6)56(53,54)47(32(3)4)30-38-25-17-10-18-26-38/h7-26,31-34,39-41,48H,27-30H2,1-6H3,(H,44,49)(H,45,50). The molecule has 0 saturated carbocycles. The maximum absolute atomic E-state index is 14.0. The number of benzene rings is 4. The Hall–Kier alpha value is -4.40. The molecule has 11 nitrogen and oxygen atoms in total. The van der Waals surface area contributed by atoms with Gasteiger partial charge in [-0.05, 0) is 76.6 Å². The van der Waals surface area contributed by atoms with Crippen molar-refractivity contribution in [3.63, 3.8) is 0 Å². The van der Waals surface area contributed by atoms with E-state index in [9.17, 15) is 31.5 Å². The van der Waals surface area contributed by atoms with Crippen LogP contribution in [0.15, 0.2) is 121 Å². The number of hydrogen-bond acceptors (Lipinski definition) is 7. The zero-order valence-corrected chi connectivity index (χ0v) is 34.7. The lowest BCUT2D eigenvalue weighted by Gasteiger charge is -2.34. The highest BCUT2D eigenvalue weighted by Crippen LogP contribution is 2.21. The lowest BCUT2D eigenvalue weighted by Crippen LogP contribution is -2.59. The molecule has 0 saturated heterocycles. The Morgan fingerprint density at radius 1 is 0.500 bits per heavy atom. The molecule has 4 atom stereocenters. The Kier molecular flexibility index (Phi) is 15.9. The van der Waals surface area contributed by atoms with Crippen molar-refractivity contribution in [2.75, 3.05) is 0 Å². The van der Waals surface area contributed by atoms with E-state index in [1.807, 2.05) is 121 Å². The molecule has 0 heterocycles. The van der Waals surface area contributed by atoms with Gasteiger partial charge in [-0.25, -0.2) is 16.8 Å². The van der Waals surface area contributed by atoms with E-state index in [4.69, 9.17) is 0 Å². The highest BCUT2D eigenvalue weighted by atomic mass is 32.2. The largest absolute Gasteiger partial charge is 0.389 e. The Labute approximate surface area is 333 Å². The van der Waals surface area contributed by atoms with Crippen LogP contribution in [0.5, 0.6) is 0 Å². The molecule has 302 valence electrons. The molecule has 4 aromatic rings. The molecule has 4 unspecified atom stereocenters. The van der Waals surface area contributed by atoms with Crippen LogP contribution < -0.4 is 10.6 Å². The maximum Gasteiger partial charge on any atom is 0.239 e. The zero-order valence-electron chi connectivity index (χ0n) is 33.0. The number of nitrogens with zero attached hydrogens (tertiary/aromatic N) is 2. The van der Waals surface area contributed by atoms with E-state index < -0.39 is 72.6 Å².